The van der Waals surface area contributed by atoms with Gasteiger partial charge in [0.05, 0.1) is 10.6 Å². The molecule has 0 unspecified atom stereocenters. The number of alkyl halides is 1. The molecule has 0 bridgehead atoms. The minimum absolute atomic E-state index is 0.381. The third-order valence-corrected chi connectivity index (χ3v) is 4.74. The highest BCUT2D eigenvalue weighted by Gasteiger charge is 2.21. The zero-order valence-electron chi connectivity index (χ0n) is 10.8. The van der Waals surface area contributed by atoms with Gasteiger partial charge in [0, 0.05) is 5.88 Å². The van der Waals surface area contributed by atoms with E-state index in [-0.39, 0.29) is 0 Å². The minimum atomic E-state index is 0.381. The van der Waals surface area contributed by atoms with E-state index >= 15 is 0 Å². The van der Waals surface area contributed by atoms with Crippen LogP contribution < -0.4 is 4.74 Å². The lowest BCUT2D eigenvalue weighted by molar-refractivity contribution is 0.129. The van der Waals surface area contributed by atoms with Gasteiger partial charge in [-0.25, -0.2) is 0 Å². The topological polar surface area (TPSA) is 9.23 Å². The Balaban J connectivity index is 1.94. The van der Waals surface area contributed by atoms with Crippen LogP contribution in [0.3, 0.4) is 0 Å². The summed E-state index contributed by atoms with van der Waals surface area (Å²) < 4.78 is 7.10. The van der Waals surface area contributed by atoms with E-state index in [1.807, 2.05) is 18.2 Å². The van der Waals surface area contributed by atoms with Crippen molar-refractivity contribution in [1.82, 2.24) is 0 Å². The number of rotatable bonds is 4. The van der Waals surface area contributed by atoms with E-state index in [1.165, 1.54) is 32.1 Å². The number of benzene rings is 1. The molecule has 2 rings (SSSR count). The molecule has 100 valence electrons. The van der Waals surface area contributed by atoms with Crippen molar-refractivity contribution in [3.63, 3.8) is 0 Å². The molecule has 0 atom stereocenters. The van der Waals surface area contributed by atoms with E-state index in [1.54, 1.807) is 0 Å². The molecule has 0 aliphatic heterocycles. The fourth-order valence-electron chi connectivity index (χ4n) is 2.56. The van der Waals surface area contributed by atoms with Crippen molar-refractivity contribution >= 4 is 27.5 Å². The van der Waals surface area contributed by atoms with Gasteiger partial charge in [-0.3, -0.25) is 0 Å². The fourth-order valence-corrected chi connectivity index (χ4v) is 3.25. The Kier molecular flexibility index (Phi) is 5.38. The van der Waals surface area contributed by atoms with Gasteiger partial charge < -0.3 is 4.74 Å². The quantitative estimate of drug-likeness (QED) is 0.659. The van der Waals surface area contributed by atoms with Crippen LogP contribution in [0.1, 0.15) is 44.6 Å². The number of ether oxygens (including phenoxy) is 1. The maximum Gasteiger partial charge on any atom is 0.133 e. The molecule has 3 heteroatoms. The Morgan fingerprint density at radius 2 is 2.00 bits per heavy atom. The predicted octanol–water partition coefficient (Wildman–Crippen LogP) is 5.54. The summed E-state index contributed by atoms with van der Waals surface area (Å²) in [7, 11) is 0. The zero-order valence-corrected chi connectivity index (χ0v) is 13.1. The Hall–Kier alpha value is -0.210. The molecule has 0 heterocycles. The van der Waals surface area contributed by atoms with Crippen LogP contribution in [0.4, 0.5) is 0 Å². The molecule has 0 saturated heterocycles. The molecule has 1 aliphatic carbocycles. The standard InChI is InChI=1S/C15H20BrClO/c1-2-11-3-6-13(7-4-11)18-15-8-5-12(10-17)9-14(15)16/h5,8-9,11,13H,2-4,6-7,10H2,1H3. The molecule has 0 spiro atoms. The van der Waals surface area contributed by atoms with Gasteiger partial charge in [0.1, 0.15) is 5.75 Å². The van der Waals surface area contributed by atoms with Crippen molar-refractivity contribution < 1.29 is 4.74 Å². The summed E-state index contributed by atoms with van der Waals surface area (Å²) in [4.78, 5) is 0. The molecule has 0 amide bonds. The molecule has 1 aliphatic rings. The van der Waals surface area contributed by atoms with Gasteiger partial charge in [0.2, 0.25) is 0 Å². The zero-order chi connectivity index (χ0) is 13.0. The van der Waals surface area contributed by atoms with Gasteiger partial charge in [-0.2, -0.15) is 0 Å². The van der Waals surface area contributed by atoms with E-state index in [9.17, 15) is 0 Å². The molecule has 18 heavy (non-hydrogen) atoms. The van der Waals surface area contributed by atoms with Gasteiger partial charge in [0.15, 0.2) is 0 Å². The monoisotopic (exact) mass is 330 g/mol. The first-order valence-electron chi connectivity index (χ1n) is 6.74. The smallest absolute Gasteiger partial charge is 0.133 e. The van der Waals surface area contributed by atoms with Crippen molar-refractivity contribution in [3.8, 4) is 5.75 Å². The van der Waals surface area contributed by atoms with E-state index in [0.717, 1.165) is 21.7 Å². The van der Waals surface area contributed by atoms with Gasteiger partial charge in [0.25, 0.3) is 0 Å². The second-order valence-corrected chi connectivity index (χ2v) is 6.19. The molecule has 0 aromatic heterocycles. The Labute approximate surface area is 123 Å². The lowest BCUT2D eigenvalue weighted by atomic mass is 9.86. The third-order valence-electron chi connectivity index (χ3n) is 3.82. The molecule has 1 aromatic rings. The number of hydrogen-bond acceptors (Lipinski definition) is 1. The summed E-state index contributed by atoms with van der Waals surface area (Å²) in [5.41, 5.74) is 1.12. The first-order chi connectivity index (χ1) is 8.72. The molecule has 1 nitrogen and oxygen atoms in total. The Morgan fingerprint density at radius 3 is 2.56 bits per heavy atom. The molecular formula is C15H20BrClO. The Bertz CT molecular complexity index is 386. The van der Waals surface area contributed by atoms with Crippen LogP contribution in [0, 0.1) is 5.92 Å². The van der Waals surface area contributed by atoms with E-state index in [4.69, 9.17) is 16.3 Å². The highest BCUT2D eigenvalue weighted by atomic mass is 79.9. The lowest BCUT2D eigenvalue weighted by Gasteiger charge is -2.28. The molecule has 1 fully saturated rings. The van der Waals surface area contributed by atoms with Crippen LogP contribution in [-0.4, -0.2) is 6.10 Å². The Morgan fingerprint density at radius 1 is 1.28 bits per heavy atom. The first kappa shape index (κ1) is 14.2. The highest BCUT2D eigenvalue weighted by Crippen LogP contribution is 2.33. The summed E-state index contributed by atoms with van der Waals surface area (Å²) in [5, 5.41) is 0. The molecule has 0 radical (unpaired) electrons. The average molecular weight is 332 g/mol. The van der Waals surface area contributed by atoms with Crippen molar-refractivity contribution in [3.05, 3.63) is 28.2 Å². The lowest BCUT2D eigenvalue weighted by Crippen LogP contribution is -2.24. The van der Waals surface area contributed by atoms with Crippen molar-refractivity contribution in [2.24, 2.45) is 5.92 Å². The summed E-state index contributed by atoms with van der Waals surface area (Å²) in [6, 6.07) is 6.10. The van der Waals surface area contributed by atoms with Crippen LogP contribution in [0.5, 0.6) is 5.75 Å². The van der Waals surface area contributed by atoms with Gasteiger partial charge in [-0.1, -0.05) is 19.4 Å². The van der Waals surface area contributed by atoms with Crippen molar-refractivity contribution in [2.75, 3.05) is 0 Å². The highest BCUT2D eigenvalue weighted by molar-refractivity contribution is 9.10. The van der Waals surface area contributed by atoms with Crippen LogP contribution >= 0.6 is 27.5 Å². The maximum atomic E-state index is 6.09. The molecule has 1 saturated carbocycles. The number of halogens is 2. The largest absolute Gasteiger partial charge is 0.489 e. The second kappa shape index (κ2) is 6.81. The predicted molar refractivity (Wildman–Crippen MR) is 80.4 cm³/mol. The fraction of sp³-hybridized carbons (Fsp3) is 0.600. The molecule has 0 N–H and O–H groups in total. The van der Waals surface area contributed by atoms with Crippen LogP contribution in [0.2, 0.25) is 0 Å². The van der Waals surface area contributed by atoms with E-state index < -0.39 is 0 Å². The average Bonchev–Trinajstić information content (AvgIpc) is 2.42. The molecular weight excluding hydrogens is 312 g/mol. The maximum absolute atomic E-state index is 6.09. The normalized spacial score (nSPS) is 23.9. The summed E-state index contributed by atoms with van der Waals surface area (Å²) >= 11 is 9.37. The van der Waals surface area contributed by atoms with Crippen LogP contribution in [-0.2, 0) is 5.88 Å². The van der Waals surface area contributed by atoms with Gasteiger partial charge in [-0.05, 0) is 65.2 Å². The summed E-state index contributed by atoms with van der Waals surface area (Å²) in [6.07, 6.45) is 6.66. The van der Waals surface area contributed by atoms with E-state index in [0.29, 0.717) is 12.0 Å². The van der Waals surface area contributed by atoms with Crippen LogP contribution in [0.15, 0.2) is 22.7 Å². The van der Waals surface area contributed by atoms with Gasteiger partial charge >= 0.3 is 0 Å². The first-order valence-corrected chi connectivity index (χ1v) is 8.06. The summed E-state index contributed by atoms with van der Waals surface area (Å²) in [6.45, 7) is 2.29. The second-order valence-electron chi connectivity index (χ2n) is 5.07. The summed E-state index contributed by atoms with van der Waals surface area (Å²) in [5.74, 6) is 2.40. The SMILES string of the molecule is CCC1CCC(Oc2ccc(CCl)cc2Br)CC1. The third kappa shape index (κ3) is 3.64. The van der Waals surface area contributed by atoms with E-state index in [2.05, 4.69) is 22.9 Å². The van der Waals surface area contributed by atoms with Crippen molar-refractivity contribution in [2.45, 2.75) is 51.0 Å². The van der Waals surface area contributed by atoms with Crippen LogP contribution in [0.25, 0.3) is 0 Å². The van der Waals surface area contributed by atoms with Crippen molar-refractivity contribution in [1.29, 1.82) is 0 Å². The minimum Gasteiger partial charge on any atom is -0.489 e. The molecule has 1 aromatic carbocycles. The van der Waals surface area contributed by atoms with Gasteiger partial charge in [-0.15, -0.1) is 11.6 Å². The number of hydrogen-bond donors (Lipinski definition) is 0.